The number of hydrogen-bond acceptors (Lipinski definition) is 3. The minimum Gasteiger partial charge on any atom is -0.289 e. The van der Waals surface area contributed by atoms with E-state index in [2.05, 4.69) is 4.98 Å². The Labute approximate surface area is 139 Å². The summed E-state index contributed by atoms with van der Waals surface area (Å²) >= 11 is 0. The smallest absolute Gasteiger partial charge is 0.190 e. The number of Topliss-reactive ketones (excluding diaryl/α,β-unsaturated/α-hetero) is 2. The summed E-state index contributed by atoms with van der Waals surface area (Å²) in [5, 5.41) is 1.03. The summed E-state index contributed by atoms with van der Waals surface area (Å²) in [6.07, 6.45) is 2.20. The van der Waals surface area contributed by atoms with Crippen molar-refractivity contribution < 1.29 is 9.59 Å². The number of aromatic nitrogens is 1. The zero-order chi connectivity index (χ0) is 16.7. The Kier molecular flexibility index (Phi) is 3.35. The Hall–Kier alpha value is -3.07. The standard InChI is InChI=1S/C21H15NO2/c1-13-18(21(24)17-8-4-3-7-16(17)20(13)23)11-14-10-15-6-2-5-9-19(15)22-12-14/h2-10,12H,11H2,1H3. The Bertz CT molecular complexity index is 1030. The molecule has 0 unspecified atom stereocenters. The molecule has 0 aliphatic heterocycles. The first-order valence-corrected chi connectivity index (χ1v) is 7.87. The molecule has 0 saturated heterocycles. The predicted octanol–water partition coefficient (Wildman–Crippen LogP) is 4.17. The first kappa shape index (κ1) is 14.5. The summed E-state index contributed by atoms with van der Waals surface area (Å²) in [4.78, 5) is 29.8. The molecular weight excluding hydrogens is 298 g/mol. The van der Waals surface area contributed by atoms with Gasteiger partial charge in [0.05, 0.1) is 5.52 Å². The van der Waals surface area contributed by atoms with Crippen LogP contribution in [0.3, 0.4) is 0 Å². The van der Waals surface area contributed by atoms with E-state index in [0.29, 0.717) is 28.7 Å². The number of rotatable bonds is 2. The number of nitrogens with zero attached hydrogens (tertiary/aromatic N) is 1. The molecule has 4 rings (SSSR count). The molecule has 0 atom stereocenters. The maximum Gasteiger partial charge on any atom is 0.190 e. The average Bonchev–Trinajstić information content (AvgIpc) is 2.63. The van der Waals surface area contributed by atoms with Crippen LogP contribution in [0.15, 0.2) is 71.9 Å². The lowest BCUT2D eigenvalue weighted by Gasteiger charge is -2.19. The van der Waals surface area contributed by atoms with E-state index in [4.69, 9.17) is 0 Å². The molecule has 1 aliphatic rings. The normalized spacial score (nSPS) is 14.2. The van der Waals surface area contributed by atoms with Gasteiger partial charge in [-0.15, -0.1) is 0 Å². The van der Waals surface area contributed by atoms with Gasteiger partial charge >= 0.3 is 0 Å². The van der Waals surface area contributed by atoms with Crippen LogP contribution in [0.5, 0.6) is 0 Å². The molecular formula is C21H15NO2. The van der Waals surface area contributed by atoms with Crippen molar-refractivity contribution in [3.63, 3.8) is 0 Å². The number of hydrogen-bond donors (Lipinski definition) is 0. The number of fused-ring (bicyclic) bond motifs is 2. The van der Waals surface area contributed by atoms with Gasteiger partial charge in [-0.05, 0) is 24.6 Å². The quantitative estimate of drug-likeness (QED) is 0.713. The maximum atomic E-state index is 12.8. The second-order valence-electron chi connectivity index (χ2n) is 6.02. The van der Waals surface area contributed by atoms with Crippen LogP contribution in [0.2, 0.25) is 0 Å². The molecule has 0 N–H and O–H groups in total. The third-order valence-corrected chi connectivity index (χ3v) is 4.51. The molecule has 3 aromatic rings. The number of pyridine rings is 1. The minimum atomic E-state index is -0.0612. The van der Waals surface area contributed by atoms with E-state index in [1.165, 1.54) is 0 Å². The number of allylic oxidation sites excluding steroid dienone is 2. The van der Waals surface area contributed by atoms with Gasteiger partial charge in [0.2, 0.25) is 0 Å². The third kappa shape index (κ3) is 2.26. The van der Waals surface area contributed by atoms with Crippen LogP contribution in [0.25, 0.3) is 10.9 Å². The van der Waals surface area contributed by atoms with Crippen LogP contribution in [0, 0.1) is 0 Å². The van der Waals surface area contributed by atoms with E-state index in [9.17, 15) is 9.59 Å². The highest BCUT2D eigenvalue weighted by atomic mass is 16.1. The number of para-hydroxylation sites is 1. The Morgan fingerprint density at radius 2 is 1.54 bits per heavy atom. The number of carbonyl (C=O) groups excluding carboxylic acids is 2. The highest BCUT2D eigenvalue weighted by Crippen LogP contribution is 2.28. The van der Waals surface area contributed by atoms with E-state index in [0.717, 1.165) is 16.5 Å². The van der Waals surface area contributed by atoms with E-state index in [1.807, 2.05) is 30.3 Å². The van der Waals surface area contributed by atoms with Crippen molar-refractivity contribution >= 4 is 22.5 Å². The molecule has 1 aliphatic carbocycles. The zero-order valence-corrected chi connectivity index (χ0v) is 13.2. The summed E-state index contributed by atoms with van der Waals surface area (Å²) in [7, 11) is 0. The Morgan fingerprint density at radius 3 is 2.33 bits per heavy atom. The first-order valence-electron chi connectivity index (χ1n) is 7.87. The molecule has 116 valence electrons. The zero-order valence-electron chi connectivity index (χ0n) is 13.2. The minimum absolute atomic E-state index is 0.0594. The van der Waals surface area contributed by atoms with Gasteiger partial charge in [0.25, 0.3) is 0 Å². The van der Waals surface area contributed by atoms with Gasteiger partial charge in [0.1, 0.15) is 0 Å². The molecule has 0 amide bonds. The van der Waals surface area contributed by atoms with Crippen molar-refractivity contribution in [3.05, 3.63) is 88.6 Å². The first-order chi connectivity index (χ1) is 11.6. The highest BCUT2D eigenvalue weighted by Gasteiger charge is 2.29. The lowest BCUT2D eigenvalue weighted by molar-refractivity contribution is 0.0973. The summed E-state index contributed by atoms with van der Waals surface area (Å²) < 4.78 is 0. The lowest BCUT2D eigenvalue weighted by atomic mass is 9.82. The van der Waals surface area contributed by atoms with Crippen molar-refractivity contribution in [3.8, 4) is 0 Å². The van der Waals surface area contributed by atoms with Gasteiger partial charge in [-0.2, -0.15) is 0 Å². The molecule has 2 aromatic carbocycles. The van der Waals surface area contributed by atoms with Crippen LogP contribution < -0.4 is 0 Å². The Balaban J connectivity index is 1.76. The molecule has 3 heteroatoms. The fraction of sp³-hybridized carbons (Fsp3) is 0.0952. The van der Waals surface area contributed by atoms with Gasteiger partial charge < -0.3 is 0 Å². The topological polar surface area (TPSA) is 47.0 Å². The molecule has 1 aromatic heterocycles. The summed E-state index contributed by atoms with van der Waals surface area (Å²) in [5.41, 5.74) is 3.95. The van der Waals surface area contributed by atoms with Crippen molar-refractivity contribution in [2.24, 2.45) is 0 Å². The molecule has 0 radical (unpaired) electrons. The van der Waals surface area contributed by atoms with Crippen LogP contribution in [0.4, 0.5) is 0 Å². The fourth-order valence-corrected chi connectivity index (χ4v) is 3.18. The third-order valence-electron chi connectivity index (χ3n) is 4.51. The monoisotopic (exact) mass is 313 g/mol. The van der Waals surface area contributed by atoms with Crippen molar-refractivity contribution in [2.75, 3.05) is 0 Å². The highest BCUT2D eigenvalue weighted by molar-refractivity contribution is 6.26. The van der Waals surface area contributed by atoms with Crippen molar-refractivity contribution in [1.82, 2.24) is 4.98 Å². The number of carbonyl (C=O) groups is 2. The molecule has 0 fully saturated rings. The average molecular weight is 313 g/mol. The van der Waals surface area contributed by atoms with Crippen LogP contribution >= 0.6 is 0 Å². The second-order valence-corrected chi connectivity index (χ2v) is 6.02. The fourth-order valence-electron chi connectivity index (χ4n) is 3.18. The van der Waals surface area contributed by atoms with Gasteiger partial charge in [-0.1, -0.05) is 42.5 Å². The van der Waals surface area contributed by atoms with Gasteiger partial charge in [0, 0.05) is 40.3 Å². The molecule has 0 spiro atoms. The van der Waals surface area contributed by atoms with Gasteiger partial charge in [-0.25, -0.2) is 0 Å². The van der Waals surface area contributed by atoms with Crippen molar-refractivity contribution in [1.29, 1.82) is 0 Å². The van der Waals surface area contributed by atoms with Crippen molar-refractivity contribution in [2.45, 2.75) is 13.3 Å². The largest absolute Gasteiger partial charge is 0.289 e. The lowest BCUT2D eigenvalue weighted by Crippen LogP contribution is -2.22. The molecule has 0 bridgehead atoms. The second kappa shape index (κ2) is 5.53. The SMILES string of the molecule is CC1=C(Cc2cnc3ccccc3c2)C(=O)c2ccccc2C1=O. The van der Waals surface area contributed by atoms with Crippen LogP contribution in [-0.4, -0.2) is 16.6 Å². The van der Waals surface area contributed by atoms with Gasteiger partial charge in [-0.3, -0.25) is 14.6 Å². The molecule has 1 heterocycles. The summed E-state index contributed by atoms with van der Waals surface area (Å²) in [6.45, 7) is 1.74. The molecule has 24 heavy (non-hydrogen) atoms. The summed E-state index contributed by atoms with van der Waals surface area (Å²) in [6, 6.07) is 16.9. The Morgan fingerprint density at radius 1 is 0.875 bits per heavy atom. The predicted molar refractivity (Wildman–Crippen MR) is 93.3 cm³/mol. The van der Waals surface area contributed by atoms with Gasteiger partial charge in [0.15, 0.2) is 11.6 Å². The van der Waals surface area contributed by atoms with Crippen LogP contribution in [-0.2, 0) is 6.42 Å². The van der Waals surface area contributed by atoms with E-state index >= 15 is 0 Å². The van der Waals surface area contributed by atoms with E-state index in [1.54, 1.807) is 37.4 Å². The molecule has 0 saturated carbocycles. The molecule has 3 nitrogen and oxygen atoms in total. The van der Waals surface area contributed by atoms with Crippen LogP contribution in [0.1, 0.15) is 33.2 Å². The number of ketones is 2. The van der Waals surface area contributed by atoms with E-state index in [-0.39, 0.29) is 11.6 Å². The summed E-state index contributed by atoms with van der Waals surface area (Å²) in [5.74, 6) is -0.121. The van der Waals surface area contributed by atoms with E-state index < -0.39 is 0 Å². The maximum absolute atomic E-state index is 12.8. The number of benzene rings is 2.